The Morgan fingerprint density at radius 3 is 2.43 bits per heavy atom. The second kappa shape index (κ2) is 3.70. The maximum absolute atomic E-state index is 11.1. The molecule has 0 saturated heterocycles. The van der Waals surface area contributed by atoms with Crippen LogP contribution in [0.15, 0.2) is 12.4 Å². The monoisotopic (exact) mass is 217 g/mol. The first kappa shape index (κ1) is 11.2. The van der Waals surface area contributed by atoms with Crippen molar-refractivity contribution < 1.29 is 8.42 Å². The number of aryl methyl sites for hydroxylation is 1. The summed E-state index contributed by atoms with van der Waals surface area (Å²) in [7, 11) is -3.50. The average molecular weight is 217 g/mol. The van der Waals surface area contributed by atoms with E-state index in [1.807, 2.05) is 6.92 Å². The van der Waals surface area contributed by atoms with Crippen molar-refractivity contribution in [1.29, 1.82) is 0 Å². The van der Waals surface area contributed by atoms with Crippen molar-refractivity contribution in [3.8, 4) is 0 Å². The van der Waals surface area contributed by atoms with Gasteiger partial charge in [0, 0.05) is 6.20 Å². The Bertz CT molecular complexity index is 410. The van der Waals surface area contributed by atoms with Gasteiger partial charge in [-0.2, -0.15) is 5.10 Å². The largest absolute Gasteiger partial charge is 0.268 e. The summed E-state index contributed by atoms with van der Waals surface area (Å²) in [6.45, 7) is 5.26. The third kappa shape index (κ3) is 2.33. The minimum absolute atomic E-state index is 0.251. The molecule has 1 aromatic rings. The van der Waals surface area contributed by atoms with Gasteiger partial charge in [-0.1, -0.05) is 0 Å². The smallest absolute Gasteiger partial charge is 0.213 e. The van der Waals surface area contributed by atoms with Crippen molar-refractivity contribution in [2.24, 2.45) is 5.14 Å². The highest BCUT2D eigenvalue weighted by Gasteiger charge is 2.24. The molecule has 2 atom stereocenters. The zero-order valence-electron chi connectivity index (χ0n) is 8.51. The van der Waals surface area contributed by atoms with Crippen LogP contribution in [-0.2, 0) is 10.0 Å². The van der Waals surface area contributed by atoms with Crippen molar-refractivity contribution in [2.45, 2.75) is 32.1 Å². The summed E-state index contributed by atoms with van der Waals surface area (Å²) in [5, 5.41) is 8.46. The molecule has 0 radical (unpaired) electrons. The standard InChI is InChI=1S/C8H15N3O2S/c1-6-4-10-11(5-6)7(2)8(3)14(9,12)13/h4-5,7-8H,1-3H3,(H2,9,12,13)/t7-,8-/m0/s1. The molecule has 1 aromatic heterocycles. The highest BCUT2D eigenvalue weighted by Crippen LogP contribution is 2.15. The van der Waals surface area contributed by atoms with Crippen LogP contribution in [0.2, 0.25) is 0 Å². The van der Waals surface area contributed by atoms with Crippen LogP contribution in [0.5, 0.6) is 0 Å². The maximum Gasteiger partial charge on any atom is 0.213 e. The molecule has 0 saturated carbocycles. The number of nitrogens with two attached hydrogens (primary N) is 1. The van der Waals surface area contributed by atoms with Crippen LogP contribution in [0, 0.1) is 6.92 Å². The minimum atomic E-state index is -3.50. The molecule has 6 heteroatoms. The lowest BCUT2D eigenvalue weighted by Crippen LogP contribution is -2.33. The van der Waals surface area contributed by atoms with Gasteiger partial charge in [0.15, 0.2) is 0 Å². The molecular weight excluding hydrogens is 202 g/mol. The van der Waals surface area contributed by atoms with E-state index in [0.29, 0.717) is 0 Å². The summed E-state index contributed by atoms with van der Waals surface area (Å²) in [4.78, 5) is 0. The molecule has 14 heavy (non-hydrogen) atoms. The predicted molar refractivity (Wildman–Crippen MR) is 54.2 cm³/mol. The van der Waals surface area contributed by atoms with Crippen LogP contribution >= 0.6 is 0 Å². The minimum Gasteiger partial charge on any atom is -0.268 e. The molecule has 2 N–H and O–H groups in total. The summed E-state index contributed by atoms with van der Waals surface area (Å²) in [6.07, 6.45) is 3.48. The van der Waals surface area contributed by atoms with Crippen LogP contribution in [0.25, 0.3) is 0 Å². The molecule has 0 aliphatic carbocycles. The Balaban J connectivity index is 2.91. The molecule has 0 amide bonds. The zero-order valence-corrected chi connectivity index (χ0v) is 9.32. The molecule has 0 fully saturated rings. The lowest BCUT2D eigenvalue weighted by atomic mass is 10.2. The Morgan fingerprint density at radius 1 is 1.50 bits per heavy atom. The lowest BCUT2D eigenvalue weighted by molar-refractivity contribution is 0.465. The second-order valence-electron chi connectivity index (χ2n) is 3.53. The van der Waals surface area contributed by atoms with Crippen molar-refractivity contribution >= 4 is 10.0 Å². The molecule has 0 bridgehead atoms. The quantitative estimate of drug-likeness (QED) is 0.797. The summed E-state index contributed by atoms with van der Waals surface area (Å²) in [6, 6.07) is -0.251. The third-order valence-corrected chi connectivity index (χ3v) is 3.78. The number of aromatic nitrogens is 2. The first-order valence-electron chi connectivity index (χ1n) is 4.34. The summed E-state index contributed by atoms with van der Waals surface area (Å²) in [5.74, 6) is 0. The van der Waals surface area contributed by atoms with E-state index < -0.39 is 15.3 Å². The SMILES string of the molecule is Cc1cnn([C@@H](C)[C@H](C)S(N)(=O)=O)c1. The van der Waals surface area contributed by atoms with Gasteiger partial charge in [-0.3, -0.25) is 4.68 Å². The van der Waals surface area contributed by atoms with Crippen LogP contribution in [0.1, 0.15) is 25.5 Å². The van der Waals surface area contributed by atoms with E-state index in [2.05, 4.69) is 5.10 Å². The zero-order chi connectivity index (χ0) is 10.9. The molecule has 1 heterocycles. The Morgan fingerprint density at radius 2 is 2.07 bits per heavy atom. The maximum atomic E-state index is 11.1. The van der Waals surface area contributed by atoms with Crippen molar-refractivity contribution in [2.75, 3.05) is 0 Å². The molecule has 0 unspecified atom stereocenters. The van der Waals surface area contributed by atoms with Gasteiger partial charge in [0.05, 0.1) is 17.5 Å². The molecule has 5 nitrogen and oxygen atoms in total. The van der Waals surface area contributed by atoms with E-state index in [-0.39, 0.29) is 6.04 Å². The number of rotatable bonds is 3. The Kier molecular flexibility index (Phi) is 2.96. The normalized spacial score (nSPS) is 16.6. The summed E-state index contributed by atoms with van der Waals surface area (Å²) in [5.41, 5.74) is 0.999. The van der Waals surface area contributed by atoms with Crippen LogP contribution in [0.3, 0.4) is 0 Å². The molecule has 0 aliphatic heterocycles. The highest BCUT2D eigenvalue weighted by atomic mass is 32.2. The van der Waals surface area contributed by atoms with E-state index in [1.54, 1.807) is 30.9 Å². The van der Waals surface area contributed by atoms with Gasteiger partial charge in [-0.25, -0.2) is 13.6 Å². The number of hydrogen-bond donors (Lipinski definition) is 1. The van der Waals surface area contributed by atoms with Gasteiger partial charge < -0.3 is 0 Å². The molecule has 0 aromatic carbocycles. The number of primary sulfonamides is 1. The second-order valence-corrected chi connectivity index (χ2v) is 5.45. The predicted octanol–water partition coefficient (Wildman–Crippen LogP) is 0.430. The van der Waals surface area contributed by atoms with Crippen molar-refractivity contribution in [3.05, 3.63) is 18.0 Å². The van der Waals surface area contributed by atoms with E-state index in [1.165, 1.54) is 0 Å². The molecular formula is C8H15N3O2S. The van der Waals surface area contributed by atoms with Crippen LogP contribution < -0.4 is 5.14 Å². The topological polar surface area (TPSA) is 78.0 Å². The molecule has 0 spiro atoms. The van der Waals surface area contributed by atoms with E-state index in [9.17, 15) is 8.42 Å². The lowest BCUT2D eigenvalue weighted by Gasteiger charge is -2.18. The number of hydrogen-bond acceptors (Lipinski definition) is 3. The van der Waals surface area contributed by atoms with Crippen molar-refractivity contribution in [1.82, 2.24) is 9.78 Å². The summed E-state index contributed by atoms with van der Waals surface area (Å²) >= 11 is 0. The fraction of sp³-hybridized carbons (Fsp3) is 0.625. The Labute approximate surface area is 84.0 Å². The molecule has 0 aliphatic rings. The van der Waals surface area contributed by atoms with Gasteiger partial charge >= 0.3 is 0 Å². The summed E-state index contributed by atoms with van der Waals surface area (Å²) < 4.78 is 23.8. The van der Waals surface area contributed by atoms with Crippen LogP contribution in [0.4, 0.5) is 0 Å². The number of nitrogens with zero attached hydrogens (tertiary/aromatic N) is 2. The van der Waals surface area contributed by atoms with Gasteiger partial charge in [0.1, 0.15) is 0 Å². The van der Waals surface area contributed by atoms with Crippen LogP contribution in [-0.4, -0.2) is 23.4 Å². The first-order valence-corrected chi connectivity index (χ1v) is 5.95. The number of sulfonamides is 1. The fourth-order valence-corrected chi connectivity index (χ4v) is 1.82. The Hall–Kier alpha value is -0.880. The van der Waals surface area contributed by atoms with Gasteiger partial charge in [0.2, 0.25) is 10.0 Å². The third-order valence-electron chi connectivity index (χ3n) is 2.35. The molecule has 80 valence electrons. The van der Waals surface area contributed by atoms with E-state index in [0.717, 1.165) is 5.56 Å². The molecule has 1 rings (SSSR count). The van der Waals surface area contributed by atoms with E-state index in [4.69, 9.17) is 5.14 Å². The van der Waals surface area contributed by atoms with Gasteiger partial charge in [-0.05, 0) is 26.3 Å². The van der Waals surface area contributed by atoms with Crippen molar-refractivity contribution in [3.63, 3.8) is 0 Å². The van der Waals surface area contributed by atoms with Gasteiger partial charge in [-0.15, -0.1) is 0 Å². The average Bonchev–Trinajstić information content (AvgIpc) is 2.47. The van der Waals surface area contributed by atoms with Gasteiger partial charge in [0.25, 0.3) is 0 Å². The van der Waals surface area contributed by atoms with E-state index >= 15 is 0 Å². The highest BCUT2D eigenvalue weighted by molar-refractivity contribution is 7.89. The fourth-order valence-electron chi connectivity index (χ4n) is 1.15. The first-order chi connectivity index (χ1) is 6.32.